The van der Waals surface area contributed by atoms with Crippen LogP contribution < -0.4 is 4.74 Å². The molecule has 0 spiro atoms. The van der Waals surface area contributed by atoms with Crippen LogP contribution in [0.25, 0.3) is 0 Å². The van der Waals surface area contributed by atoms with Gasteiger partial charge < -0.3 is 9.47 Å². The monoisotopic (exact) mass is 390 g/mol. The van der Waals surface area contributed by atoms with E-state index in [0.29, 0.717) is 19.4 Å². The molecule has 0 aliphatic rings. The summed E-state index contributed by atoms with van der Waals surface area (Å²) in [7, 11) is 0. The molecule has 5 nitrogen and oxygen atoms in total. The second-order valence-corrected chi connectivity index (χ2v) is 7.72. The Bertz CT molecular complexity index is 663. The first-order valence-corrected chi connectivity index (χ1v) is 10.2. The van der Waals surface area contributed by atoms with E-state index >= 15 is 0 Å². The lowest BCUT2D eigenvalue weighted by molar-refractivity contribution is -0.155. The maximum Gasteiger partial charge on any atom is 0.324 e. The van der Waals surface area contributed by atoms with E-state index in [2.05, 4.69) is 26.8 Å². The lowest BCUT2D eigenvalue weighted by Gasteiger charge is -2.26. The van der Waals surface area contributed by atoms with Gasteiger partial charge in [-0.3, -0.25) is 14.4 Å². The number of benzene rings is 1. The van der Waals surface area contributed by atoms with Gasteiger partial charge in [0.25, 0.3) is 0 Å². The molecule has 0 aliphatic carbocycles. The highest BCUT2D eigenvalue weighted by molar-refractivity contribution is 6.16. The fraction of sp³-hybridized carbons (Fsp3) is 0.609. The summed E-state index contributed by atoms with van der Waals surface area (Å²) in [5.41, 5.74) is 1.12. The van der Waals surface area contributed by atoms with Gasteiger partial charge in [0.1, 0.15) is 5.75 Å². The first-order chi connectivity index (χ1) is 13.2. The topological polar surface area (TPSA) is 69.7 Å². The summed E-state index contributed by atoms with van der Waals surface area (Å²) in [4.78, 5) is 36.2. The van der Waals surface area contributed by atoms with E-state index in [1.807, 2.05) is 25.1 Å². The van der Waals surface area contributed by atoms with Crippen molar-refractivity contribution in [3.8, 4) is 5.75 Å². The number of rotatable bonds is 13. The van der Waals surface area contributed by atoms with Crippen LogP contribution >= 0.6 is 0 Å². The number of carbonyl (C=O) groups is 3. The molecule has 0 saturated carbocycles. The van der Waals surface area contributed by atoms with Crippen molar-refractivity contribution in [2.24, 2.45) is 5.92 Å². The second kappa shape index (κ2) is 11.6. The first kappa shape index (κ1) is 23.9. The van der Waals surface area contributed by atoms with E-state index in [1.165, 1.54) is 6.92 Å². The number of hydrogen-bond acceptors (Lipinski definition) is 5. The minimum atomic E-state index is -1.32. The van der Waals surface area contributed by atoms with Gasteiger partial charge in [-0.05, 0) is 43.2 Å². The SMILES string of the molecule is CCCCOC(=O)C(C(C)=O)C(=O)CCCOc1ccccc1C(C)(C)CC. The normalized spacial score (nSPS) is 12.3. The molecule has 0 heterocycles. The standard InChI is InChI=1S/C23H34O5/c1-6-8-15-28-22(26)21(17(3)24)19(25)13-11-16-27-20-14-10-9-12-18(20)23(4,5)7-2/h9-10,12,14,21H,6-8,11,13,15-16H2,1-5H3. The average Bonchev–Trinajstić information content (AvgIpc) is 2.65. The highest BCUT2D eigenvalue weighted by atomic mass is 16.5. The Hall–Kier alpha value is -2.17. The highest BCUT2D eigenvalue weighted by Gasteiger charge is 2.32. The summed E-state index contributed by atoms with van der Waals surface area (Å²) in [6.45, 7) is 10.3. The van der Waals surface area contributed by atoms with Gasteiger partial charge in [0.15, 0.2) is 17.5 Å². The zero-order chi connectivity index (χ0) is 21.2. The molecule has 1 atom stereocenters. The summed E-state index contributed by atoms with van der Waals surface area (Å²) in [6, 6.07) is 7.90. The Morgan fingerprint density at radius 3 is 2.32 bits per heavy atom. The Labute approximate surface area is 168 Å². The van der Waals surface area contributed by atoms with E-state index in [9.17, 15) is 14.4 Å². The minimum absolute atomic E-state index is 0.00557. The Kier molecular flexibility index (Phi) is 9.91. The number of Topliss-reactive ketones (excluding diaryl/α,β-unsaturated/α-hetero) is 2. The Balaban J connectivity index is 2.60. The molecular formula is C23H34O5. The van der Waals surface area contributed by atoms with Crippen molar-refractivity contribution in [3.05, 3.63) is 29.8 Å². The van der Waals surface area contributed by atoms with Crippen LogP contribution in [-0.2, 0) is 24.5 Å². The van der Waals surface area contributed by atoms with Gasteiger partial charge in [-0.15, -0.1) is 0 Å². The van der Waals surface area contributed by atoms with E-state index in [4.69, 9.17) is 9.47 Å². The van der Waals surface area contributed by atoms with Crippen LogP contribution in [0.5, 0.6) is 5.75 Å². The number of esters is 1. The molecule has 0 aliphatic heterocycles. The number of ketones is 2. The lowest BCUT2D eigenvalue weighted by atomic mass is 9.82. The van der Waals surface area contributed by atoms with Crippen molar-refractivity contribution in [3.63, 3.8) is 0 Å². The third-order valence-electron chi connectivity index (χ3n) is 5.03. The number of para-hydroxylation sites is 1. The van der Waals surface area contributed by atoms with Crippen LogP contribution in [0.4, 0.5) is 0 Å². The Morgan fingerprint density at radius 1 is 1.04 bits per heavy atom. The summed E-state index contributed by atoms with van der Waals surface area (Å²) < 4.78 is 11.0. The zero-order valence-electron chi connectivity index (χ0n) is 17.9. The van der Waals surface area contributed by atoms with Crippen molar-refractivity contribution in [1.29, 1.82) is 0 Å². The molecule has 156 valence electrons. The molecule has 0 fully saturated rings. The van der Waals surface area contributed by atoms with Gasteiger partial charge in [0.2, 0.25) is 0 Å². The largest absolute Gasteiger partial charge is 0.493 e. The second-order valence-electron chi connectivity index (χ2n) is 7.72. The molecule has 1 unspecified atom stereocenters. The molecule has 0 N–H and O–H groups in total. The van der Waals surface area contributed by atoms with Crippen LogP contribution in [0.3, 0.4) is 0 Å². The van der Waals surface area contributed by atoms with Gasteiger partial charge in [-0.25, -0.2) is 0 Å². The van der Waals surface area contributed by atoms with Gasteiger partial charge >= 0.3 is 5.97 Å². The maximum absolute atomic E-state index is 12.4. The predicted octanol–water partition coefficient (Wildman–Crippen LogP) is 4.65. The fourth-order valence-corrected chi connectivity index (χ4v) is 2.84. The molecule has 5 heteroatoms. The van der Waals surface area contributed by atoms with Gasteiger partial charge in [-0.1, -0.05) is 52.3 Å². The molecule has 1 rings (SSSR count). The summed E-state index contributed by atoms with van der Waals surface area (Å²) in [5.74, 6) is -2.11. The van der Waals surface area contributed by atoms with Crippen molar-refractivity contribution < 1.29 is 23.9 Å². The molecule has 1 aromatic rings. The van der Waals surface area contributed by atoms with Gasteiger partial charge in [0.05, 0.1) is 13.2 Å². The van der Waals surface area contributed by atoms with Crippen LogP contribution in [0.1, 0.15) is 72.3 Å². The maximum atomic E-state index is 12.4. The number of ether oxygens (including phenoxy) is 2. The highest BCUT2D eigenvalue weighted by Crippen LogP contribution is 2.34. The van der Waals surface area contributed by atoms with Crippen molar-refractivity contribution >= 4 is 17.5 Å². The molecule has 0 bridgehead atoms. The van der Waals surface area contributed by atoms with Crippen LogP contribution in [0.15, 0.2) is 24.3 Å². The molecule has 1 aromatic carbocycles. The zero-order valence-corrected chi connectivity index (χ0v) is 17.9. The van der Waals surface area contributed by atoms with Gasteiger partial charge in [-0.2, -0.15) is 0 Å². The molecule has 0 aromatic heterocycles. The average molecular weight is 391 g/mol. The molecule has 0 saturated heterocycles. The number of carbonyl (C=O) groups excluding carboxylic acids is 3. The molecular weight excluding hydrogens is 356 g/mol. The van der Waals surface area contributed by atoms with Crippen LogP contribution in [0, 0.1) is 5.92 Å². The smallest absolute Gasteiger partial charge is 0.324 e. The van der Waals surface area contributed by atoms with Gasteiger partial charge in [0, 0.05) is 6.42 Å². The van der Waals surface area contributed by atoms with Crippen LogP contribution in [-0.4, -0.2) is 30.7 Å². The quantitative estimate of drug-likeness (QED) is 0.278. The van der Waals surface area contributed by atoms with E-state index in [-0.39, 0.29) is 18.4 Å². The lowest BCUT2D eigenvalue weighted by Crippen LogP contribution is -2.32. The minimum Gasteiger partial charge on any atom is -0.493 e. The molecule has 0 radical (unpaired) electrons. The third kappa shape index (κ3) is 7.10. The van der Waals surface area contributed by atoms with E-state index in [0.717, 1.165) is 24.2 Å². The third-order valence-corrected chi connectivity index (χ3v) is 5.03. The predicted molar refractivity (Wildman–Crippen MR) is 110 cm³/mol. The molecule has 0 amide bonds. The summed E-state index contributed by atoms with van der Waals surface area (Å²) in [6.07, 6.45) is 3.11. The fourth-order valence-electron chi connectivity index (χ4n) is 2.84. The van der Waals surface area contributed by atoms with Crippen molar-refractivity contribution in [1.82, 2.24) is 0 Å². The number of hydrogen-bond donors (Lipinski definition) is 0. The summed E-state index contributed by atoms with van der Waals surface area (Å²) in [5, 5.41) is 0. The number of unbranched alkanes of at least 4 members (excludes halogenated alkanes) is 1. The first-order valence-electron chi connectivity index (χ1n) is 10.2. The van der Waals surface area contributed by atoms with E-state index in [1.54, 1.807) is 0 Å². The van der Waals surface area contributed by atoms with E-state index < -0.39 is 23.5 Å². The van der Waals surface area contributed by atoms with Crippen molar-refractivity contribution in [2.75, 3.05) is 13.2 Å². The summed E-state index contributed by atoms with van der Waals surface area (Å²) >= 11 is 0. The van der Waals surface area contributed by atoms with Crippen LogP contribution in [0.2, 0.25) is 0 Å². The van der Waals surface area contributed by atoms with Crippen molar-refractivity contribution in [2.45, 2.75) is 72.1 Å². The Morgan fingerprint density at radius 2 is 1.71 bits per heavy atom. The molecule has 28 heavy (non-hydrogen) atoms.